The van der Waals surface area contributed by atoms with Crippen LogP contribution in [0.2, 0.25) is 0 Å². The molecule has 1 heterocycles. The average molecular weight is 234 g/mol. The topological polar surface area (TPSA) is 35.8 Å². The molecule has 0 saturated heterocycles. The molecular formula is C13H18N2S. The van der Waals surface area contributed by atoms with Gasteiger partial charge in [0.15, 0.2) is 0 Å². The Kier molecular flexibility index (Phi) is 3.98. The highest BCUT2D eigenvalue weighted by atomic mass is 32.1. The zero-order valence-corrected chi connectivity index (χ0v) is 10.5. The molecule has 1 N–H and O–H groups in total. The van der Waals surface area contributed by atoms with E-state index >= 15 is 0 Å². The van der Waals surface area contributed by atoms with Gasteiger partial charge in [0.05, 0.1) is 0 Å². The zero-order valence-electron chi connectivity index (χ0n) is 9.70. The van der Waals surface area contributed by atoms with E-state index in [-0.39, 0.29) is 0 Å². The maximum Gasteiger partial charge on any atom is 0.110 e. The zero-order chi connectivity index (χ0) is 11.4. The van der Waals surface area contributed by atoms with Crippen LogP contribution in [0.3, 0.4) is 0 Å². The van der Waals surface area contributed by atoms with Gasteiger partial charge in [-0.1, -0.05) is 13.3 Å². The first-order valence-corrected chi connectivity index (χ1v) is 6.79. The Hall–Kier alpha value is -0.850. The highest BCUT2D eigenvalue weighted by molar-refractivity contribution is 7.12. The third kappa shape index (κ3) is 3.07. The Morgan fingerprint density at radius 1 is 1.50 bits per heavy atom. The summed E-state index contributed by atoms with van der Waals surface area (Å²) >= 11 is 1.59. The first kappa shape index (κ1) is 11.6. The minimum atomic E-state index is 0.811. The van der Waals surface area contributed by atoms with Crippen molar-refractivity contribution >= 4 is 11.3 Å². The summed E-state index contributed by atoms with van der Waals surface area (Å²) in [6.45, 7) is 4.39. The van der Waals surface area contributed by atoms with Crippen molar-refractivity contribution in [2.75, 3.05) is 6.54 Å². The van der Waals surface area contributed by atoms with Crippen molar-refractivity contribution in [1.29, 1.82) is 5.26 Å². The molecule has 86 valence electrons. The fourth-order valence-electron chi connectivity index (χ4n) is 2.44. The Bertz CT molecular complexity index is 378. The molecule has 1 aromatic rings. The van der Waals surface area contributed by atoms with E-state index in [4.69, 9.17) is 5.26 Å². The van der Waals surface area contributed by atoms with Crippen molar-refractivity contribution in [3.05, 3.63) is 21.9 Å². The molecule has 0 bridgehead atoms. The van der Waals surface area contributed by atoms with Gasteiger partial charge in [0.1, 0.15) is 10.9 Å². The Balaban J connectivity index is 1.70. The predicted octanol–water partition coefficient (Wildman–Crippen LogP) is 3.15. The second-order valence-corrected chi connectivity index (χ2v) is 5.96. The Morgan fingerprint density at radius 3 is 3.00 bits per heavy atom. The van der Waals surface area contributed by atoms with Crippen LogP contribution in [-0.4, -0.2) is 6.54 Å². The lowest BCUT2D eigenvalue weighted by atomic mass is 10.1. The largest absolute Gasteiger partial charge is 0.312 e. The third-order valence-corrected chi connectivity index (χ3v) is 4.30. The SMILES string of the molecule is CC1CCC(CNCc2ccc(C#N)s2)C1. The Labute approximate surface area is 101 Å². The van der Waals surface area contributed by atoms with E-state index in [1.165, 1.54) is 24.1 Å². The lowest BCUT2D eigenvalue weighted by Gasteiger charge is -2.09. The maximum absolute atomic E-state index is 8.72. The van der Waals surface area contributed by atoms with Crippen LogP contribution < -0.4 is 5.32 Å². The lowest BCUT2D eigenvalue weighted by molar-refractivity contribution is 0.472. The molecular weight excluding hydrogens is 216 g/mol. The van der Waals surface area contributed by atoms with Crippen LogP contribution in [0.4, 0.5) is 0 Å². The number of nitrogens with zero attached hydrogens (tertiary/aromatic N) is 1. The van der Waals surface area contributed by atoms with E-state index in [1.807, 2.05) is 12.1 Å². The van der Waals surface area contributed by atoms with Crippen LogP contribution in [0.15, 0.2) is 12.1 Å². The minimum Gasteiger partial charge on any atom is -0.312 e. The molecule has 1 aliphatic carbocycles. The molecule has 0 spiro atoms. The van der Waals surface area contributed by atoms with Gasteiger partial charge in [-0.05, 0) is 43.4 Å². The van der Waals surface area contributed by atoms with E-state index in [9.17, 15) is 0 Å². The van der Waals surface area contributed by atoms with Crippen LogP contribution in [-0.2, 0) is 6.54 Å². The van der Waals surface area contributed by atoms with Crippen LogP contribution in [0.5, 0.6) is 0 Å². The van der Waals surface area contributed by atoms with Crippen LogP contribution in [0.1, 0.15) is 35.9 Å². The number of thiophene rings is 1. The molecule has 1 saturated carbocycles. The van der Waals surface area contributed by atoms with Crippen LogP contribution in [0, 0.1) is 23.2 Å². The third-order valence-electron chi connectivity index (χ3n) is 3.31. The molecule has 1 aliphatic rings. The standard InChI is InChI=1S/C13H18N2S/c1-10-2-3-11(6-10)8-15-9-13-5-4-12(7-14)16-13/h4-5,10-11,15H,2-3,6,8-9H2,1H3. The van der Waals surface area contributed by atoms with Crippen LogP contribution >= 0.6 is 11.3 Å². The maximum atomic E-state index is 8.72. The second kappa shape index (κ2) is 5.47. The van der Waals surface area contributed by atoms with Gasteiger partial charge in [0.25, 0.3) is 0 Å². The summed E-state index contributed by atoms with van der Waals surface area (Å²) in [4.78, 5) is 2.08. The summed E-state index contributed by atoms with van der Waals surface area (Å²) in [5, 5.41) is 12.2. The quantitative estimate of drug-likeness (QED) is 0.868. The van der Waals surface area contributed by atoms with Gasteiger partial charge in [0, 0.05) is 11.4 Å². The lowest BCUT2D eigenvalue weighted by Crippen LogP contribution is -2.20. The van der Waals surface area contributed by atoms with Gasteiger partial charge in [-0.3, -0.25) is 0 Å². The number of rotatable bonds is 4. The van der Waals surface area contributed by atoms with E-state index in [2.05, 4.69) is 18.3 Å². The fraction of sp³-hybridized carbons (Fsp3) is 0.615. The van der Waals surface area contributed by atoms with Gasteiger partial charge < -0.3 is 5.32 Å². The summed E-state index contributed by atoms with van der Waals surface area (Å²) in [6, 6.07) is 6.13. The number of hydrogen-bond acceptors (Lipinski definition) is 3. The number of nitrogens with one attached hydrogen (secondary N) is 1. The number of nitriles is 1. The summed E-state index contributed by atoms with van der Waals surface area (Å²) < 4.78 is 0. The molecule has 2 rings (SSSR count). The molecule has 16 heavy (non-hydrogen) atoms. The molecule has 0 aromatic carbocycles. The van der Waals surface area contributed by atoms with Gasteiger partial charge in [-0.25, -0.2) is 0 Å². The summed E-state index contributed by atoms with van der Waals surface area (Å²) in [5.41, 5.74) is 0. The van der Waals surface area contributed by atoms with E-state index in [0.29, 0.717) is 0 Å². The van der Waals surface area contributed by atoms with Crippen molar-refractivity contribution in [3.63, 3.8) is 0 Å². The molecule has 0 amide bonds. The van der Waals surface area contributed by atoms with Gasteiger partial charge >= 0.3 is 0 Å². The first-order valence-electron chi connectivity index (χ1n) is 5.97. The highest BCUT2D eigenvalue weighted by Crippen LogP contribution is 2.29. The highest BCUT2D eigenvalue weighted by Gasteiger charge is 2.20. The Morgan fingerprint density at radius 2 is 2.38 bits per heavy atom. The molecule has 1 fully saturated rings. The summed E-state index contributed by atoms with van der Waals surface area (Å²) in [5.74, 6) is 1.78. The number of hydrogen-bond donors (Lipinski definition) is 1. The molecule has 0 aliphatic heterocycles. The molecule has 0 radical (unpaired) electrons. The van der Waals surface area contributed by atoms with Crippen molar-refractivity contribution in [3.8, 4) is 6.07 Å². The average Bonchev–Trinajstić information content (AvgIpc) is 2.88. The first-order chi connectivity index (χ1) is 7.78. The van der Waals surface area contributed by atoms with Crippen molar-refractivity contribution in [1.82, 2.24) is 5.32 Å². The van der Waals surface area contributed by atoms with E-state index in [1.54, 1.807) is 11.3 Å². The molecule has 3 heteroatoms. The normalized spacial score (nSPS) is 24.5. The summed E-state index contributed by atoms with van der Waals surface area (Å²) in [7, 11) is 0. The van der Waals surface area contributed by atoms with Gasteiger partial charge in [-0.15, -0.1) is 11.3 Å². The van der Waals surface area contributed by atoms with Gasteiger partial charge in [0.2, 0.25) is 0 Å². The smallest absolute Gasteiger partial charge is 0.110 e. The minimum absolute atomic E-state index is 0.811. The van der Waals surface area contributed by atoms with Crippen molar-refractivity contribution in [2.45, 2.75) is 32.7 Å². The second-order valence-electron chi connectivity index (χ2n) is 4.79. The van der Waals surface area contributed by atoms with Crippen LogP contribution in [0.25, 0.3) is 0 Å². The van der Waals surface area contributed by atoms with Crippen molar-refractivity contribution < 1.29 is 0 Å². The van der Waals surface area contributed by atoms with E-state index in [0.717, 1.165) is 29.8 Å². The van der Waals surface area contributed by atoms with Crippen molar-refractivity contribution in [2.24, 2.45) is 11.8 Å². The predicted molar refractivity (Wildman–Crippen MR) is 67.2 cm³/mol. The molecule has 2 unspecified atom stereocenters. The summed E-state index contributed by atoms with van der Waals surface area (Å²) in [6.07, 6.45) is 4.15. The fourth-order valence-corrected chi connectivity index (χ4v) is 3.22. The molecule has 2 atom stereocenters. The molecule has 2 nitrogen and oxygen atoms in total. The van der Waals surface area contributed by atoms with Gasteiger partial charge in [-0.2, -0.15) is 5.26 Å². The molecule has 1 aromatic heterocycles. The van der Waals surface area contributed by atoms with E-state index < -0.39 is 0 Å². The monoisotopic (exact) mass is 234 g/mol.